The molecule has 0 fully saturated rings. The molecule has 2 aliphatic rings. The largest absolute Gasteiger partial charge is 0.557 e. The van der Waals surface area contributed by atoms with Gasteiger partial charge in [-0.25, -0.2) is 4.98 Å². The summed E-state index contributed by atoms with van der Waals surface area (Å²) >= 11 is 0. The number of para-hydroxylation sites is 6. The molecule has 10 heterocycles. The van der Waals surface area contributed by atoms with Crippen LogP contribution >= 0.6 is 0 Å². The summed E-state index contributed by atoms with van der Waals surface area (Å²) in [5, 5.41) is 15.4. The Balaban J connectivity index is 0.000000118. The number of anilines is 8. The number of ether oxygens (including phenoxy) is 1. The van der Waals surface area contributed by atoms with Gasteiger partial charge in [-0.05, 0) is 93.2 Å². The van der Waals surface area contributed by atoms with E-state index in [0.717, 1.165) is 188 Å². The van der Waals surface area contributed by atoms with Gasteiger partial charge in [0.05, 0.1) is 37.9 Å². The Labute approximate surface area is 804 Å². The Morgan fingerprint density at radius 2 is 1.05 bits per heavy atom. The fraction of sp³-hybridized carbons (Fsp3) is 0.00885. The van der Waals surface area contributed by atoms with Gasteiger partial charge >= 0.3 is 11.8 Å². The van der Waals surface area contributed by atoms with E-state index >= 15 is 0 Å². The number of benzene rings is 16. The number of hydrogen-bond donors (Lipinski definition) is 0. The van der Waals surface area contributed by atoms with E-state index < -0.39 is 8.80 Å². The quantitative estimate of drug-likeness (QED) is 0.0656. The standard InChI is InChI=1S/C41H25N2O2Si.C36H20N3O3.C36H21N2OSi.3Ag/c1-3-14-29(15-4-1)46(30-16-5-2-6-17-30)40-23-12-22-37-33(40)27-41(45-37)43-35-20-7-8-21-38(35)44-39-25-28-13-11-18-31(32(28)26-36(39)43)34-19-9-10-24-42-34;1-38-29-15-6-7-16-30(29)39(36-37-34-27(20-41-35(34)42-36)22-10-3-2-4-11-22)32-19-26-23(18-31(32)38)12-9-14-24(26)28-21-40-33-17-8-5-13-25(28)33;40-36(24-12-5-2-6-13-24)30-22-39-33-18-19-34(37-35(30)33)38-31-17-8-7-15-27(31)29-20-25-14-9-16-26(28(25)21-32(29)38)23-10-3-1-4-11-23;;;/h1-25H;2-10,12-18,20H,1H3;1-10,12-20,22,40H;;;/q-2;-3;-2;;;. The van der Waals surface area contributed by atoms with E-state index in [1.807, 2.05) is 157 Å². The van der Waals surface area contributed by atoms with E-state index in [-0.39, 0.29) is 67.1 Å². The number of furan rings is 4. The summed E-state index contributed by atoms with van der Waals surface area (Å²) in [6.07, 6.45) is 8.42. The molecule has 2 aliphatic heterocycles. The predicted molar refractivity (Wildman–Crippen MR) is 516 cm³/mol. The maximum atomic E-state index is 6.71. The maximum absolute atomic E-state index is 6.71. The SMILES string of the molecule is CN1c2cc3cccc(-c4[c-]oc5ccccc45)c3[c-]c2N(c2nc3c(-c4[c-]cccc4)coc3o2)c2ccccc21.[Ag].[Ag].[Ag].[SiH]=C(c1ccccc1)c1coc2ccc(-n3c4[c-]c5c(-c6[c-]cccc6)cccc5cc4c4ccccc43)nc12.[c-]1c2c(cc3cccc(-c4ccccn4)c13)Oc1ccccc1N2c1[c-]c2c([Si](c3ccccc3)c3ccccc3)cccc2o1. The van der Waals surface area contributed by atoms with E-state index in [0.29, 0.717) is 28.9 Å². The smallest absolute Gasteiger partial charge is 0.309 e. The summed E-state index contributed by atoms with van der Waals surface area (Å²) in [4.78, 5) is 21.1. The molecule has 0 saturated heterocycles. The summed E-state index contributed by atoms with van der Waals surface area (Å²) in [6.45, 7) is 0. The van der Waals surface area contributed by atoms with Crippen molar-refractivity contribution in [2.75, 3.05) is 21.7 Å². The Kier molecular flexibility index (Phi) is 22.4. The van der Waals surface area contributed by atoms with Gasteiger partial charge in [0.2, 0.25) is 0 Å². The minimum atomic E-state index is -1.35. The van der Waals surface area contributed by atoms with Gasteiger partial charge in [-0.3, -0.25) is 9.88 Å². The Bertz CT molecular complexity index is 8420. The van der Waals surface area contributed by atoms with Crippen molar-refractivity contribution in [1.82, 2.24) is 19.5 Å². The van der Waals surface area contributed by atoms with Crippen LogP contribution in [0.1, 0.15) is 11.1 Å². The molecule has 0 spiro atoms. The van der Waals surface area contributed by atoms with E-state index in [1.165, 1.54) is 20.9 Å². The predicted octanol–water partition coefficient (Wildman–Crippen LogP) is 25.8. The number of fused-ring (bicyclic) bond motifs is 14. The van der Waals surface area contributed by atoms with Crippen molar-refractivity contribution < 1.29 is 94.0 Å². The van der Waals surface area contributed by atoms with Crippen LogP contribution < -0.4 is 35.0 Å². The van der Waals surface area contributed by atoms with Gasteiger partial charge in [0.1, 0.15) is 34.7 Å². The van der Waals surface area contributed by atoms with Gasteiger partial charge in [0, 0.05) is 130 Å². The minimum absolute atomic E-state index is 0. The molecule has 0 N–H and O–H groups in total. The second-order valence-electron chi connectivity index (χ2n) is 31.4. The van der Waals surface area contributed by atoms with Crippen molar-refractivity contribution in [2.45, 2.75) is 0 Å². The van der Waals surface area contributed by atoms with Gasteiger partial charge in [0.15, 0.2) is 5.58 Å². The average Bonchev–Trinajstić information content (AvgIpc) is 1.71. The first-order chi connectivity index (χ1) is 63.3. The van der Waals surface area contributed by atoms with Crippen molar-refractivity contribution in [3.05, 3.63) is 430 Å². The fourth-order valence-corrected chi connectivity index (χ4v) is 21.0. The van der Waals surface area contributed by atoms with Crippen LogP contribution in [0.25, 0.3) is 149 Å². The van der Waals surface area contributed by atoms with Crippen LogP contribution in [-0.2, 0) is 67.1 Å². The molecular formula is C113H66Ag3N7O6Si2-7. The second kappa shape index (κ2) is 35.2. The summed E-state index contributed by atoms with van der Waals surface area (Å²) in [6, 6.07) is 144. The van der Waals surface area contributed by atoms with Gasteiger partial charge < -0.3 is 41.2 Å². The summed E-state index contributed by atoms with van der Waals surface area (Å²) < 4.78 is 39.3. The van der Waals surface area contributed by atoms with E-state index in [2.05, 4.69) is 291 Å². The zero-order chi connectivity index (χ0) is 84.9. The van der Waals surface area contributed by atoms with Crippen molar-refractivity contribution in [1.29, 1.82) is 0 Å². The Morgan fingerprint density at radius 3 is 1.80 bits per heavy atom. The zero-order valence-electron chi connectivity index (χ0n) is 69.4. The van der Waals surface area contributed by atoms with Crippen LogP contribution in [0.15, 0.2) is 399 Å². The average molecular weight is 2000 g/mol. The molecule has 5 radical (unpaired) electrons. The first-order valence-corrected chi connectivity index (χ1v) is 44.1. The molecule has 26 rings (SSSR count). The molecule has 0 atom stereocenters. The number of rotatable bonds is 12. The van der Waals surface area contributed by atoms with E-state index in [1.54, 1.807) is 12.5 Å². The molecule has 637 valence electrons. The summed E-state index contributed by atoms with van der Waals surface area (Å²) in [5.41, 5.74) is 21.1. The van der Waals surface area contributed by atoms with E-state index in [9.17, 15) is 0 Å². The van der Waals surface area contributed by atoms with Crippen LogP contribution in [0, 0.1) is 42.7 Å². The number of nitrogens with zero attached hydrogens (tertiary/aromatic N) is 7. The third-order valence-corrected chi connectivity index (χ3v) is 27.3. The van der Waals surface area contributed by atoms with Crippen LogP contribution in [0.3, 0.4) is 0 Å². The van der Waals surface area contributed by atoms with Crippen molar-refractivity contribution in [3.8, 4) is 62.0 Å². The molecule has 8 aromatic heterocycles. The third kappa shape index (κ3) is 14.8. The molecule has 0 amide bonds. The Hall–Kier alpha value is -14.5. The minimum Gasteiger partial charge on any atom is -0.557 e. The molecule has 18 heteroatoms. The van der Waals surface area contributed by atoms with Gasteiger partial charge in [-0.2, -0.15) is 4.98 Å². The Morgan fingerprint density at radius 1 is 0.420 bits per heavy atom. The van der Waals surface area contributed by atoms with Gasteiger partial charge in [0.25, 0.3) is 0 Å². The first-order valence-electron chi connectivity index (χ1n) is 42.0. The maximum Gasteiger partial charge on any atom is 0.309 e. The van der Waals surface area contributed by atoms with Crippen LogP contribution in [-0.4, -0.2) is 50.4 Å². The number of oxazole rings is 1. The second-order valence-corrected chi connectivity index (χ2v) is 34.4. The third-order valence-electron chi connectivity index (χ3n) is 23.9. The summed E-state index contributed by atoms with van der Waals surface area (Å²) in [7, 11) is 3.59. The topological polar surface area (TPSA) is 128 Å². The van der Waals surface area contributed by atoms with Crippen LogP contribution in [0.4, 0.5) is 46.0 Å². The van der Waals surface area contributed by atoms with Gasteiger partial charge in [-0.1, -0.05) is 257 Å². The molecule has 0 bridgehead atoms. The molecular weight excluding hydrogens is 1930 g/mol. The monoisotopic (exact) mass is 1990 g/mol. The van der Waals surface area contributed by atoms with Gasteiger partial charge in [-0.15, -0.1) is 180 Å². The molecule has 0 aliphatic carbocycles. The number of pyridine rings is 2. The zero-order valence-corrected chi connectivity index (χ0v) is 76.0. The molecule has 16 aromatic carbocycles. The number of hydrogen-bond acceptors (Lipinski definition) is 12. The first kappa shape index (κ1) is 83.4. The van der Waals surface area contributed by atoms with Crippen LogP contribution in [0.2, 0.25) is 0 Å². The molecule has 0 saturated carbocycles. The molecule has 24 aromatic rings. The summed E-state index contributed by atoms with van der Waals surface area (Å²) in [5.74, 6) is 3.23. The molecule has 131 heavy (non-hydrogen) atoms. The van der Waals surface area contributed by atoms with Crippen LogP contribution in [0.5, 0.6) is 11.5 Å². The van der Waals surface area contributed by atoms with E-state index in [4.69, 9.17) is 36.8 Å². The molecule has 0 unspecified atom stereocenters. The molecule has 13 nitrogen and oxygen atoms in total. The van der Waals surface area contributed by atoms with Crippen molar-refractivity contribution in [3.63, 3.8) is 0 Å². The normalized spacial score (nSPS) is 11.9. The fourth-order valence-electron chi connectivity index (χ4n) is 17.9. The van der Waals surface area contributed by atoms with Crippen molar-refractivity contribution >= 4 is 184 Å². The number of aromatic nitrogens is 4. The van der Waals surface area contributed by atoms with Crippen molar-refractivity contribution in [2.24, 2.45) is 0 Å².